The number of hydrogen-bond donors (Lipinski definition) is 1. The SMILES string of the molecule is COc1ccncc1C1N=CC=C(c2ccc(Cl)cc2)N1[C@@H](C)CO. The van der Waals surface area contributed by atoms with Crippen molar-refractivity contribution in [3.05, 3.63) is 65.0 Å². The molecule has 0 amide bonds. The van der Waals surface area contributed by atoms with Gasteiger partial charge < -0.3 is 14.7 Å². The molecule has 0 aliphatic carbocycles. The standard InChI is InChI=1S/C19H20ClN3O2/c1-13(12-24)23-17(14-3-5-15(20)6-4-14)7-10-22-19(23)16-11-21-9-8-18(16)25-2/h3-11,13,19,24H,12H2,1-2H3/t13-,19?/m0/s1. The van der Waals surface area contributed by atoms with Crippen LogP contribution in [0.15, 0.2) is 53.8 Å². The molecule has 6 heteroatoms. The number of halogens is 1. The molecule has 1 aromatic carbocycles. The summed E-state index contributed by atoms with van der Waals surface area (Å²) in [6.45, 7) is 1.96. The molecule has 0 saturated carbocycles. The molecular formula is C19H20ClN3O2. The highest BCUT2D eigenvalue weighted by Crippen LogP contribution is 2.38. The minimum atomic E-state index is -0.332. The Kier molecular flexibility index (Phi) is 5.36. The van der Waals surface area contributed by atoms with Crippen molar-refractivity contribution in [3.63, 3.8) is 0 Å². The van der Waals surface area contributed by atoms with Crippen LogP contribution in [-0.2, 0) is 0 Å². The van der Waals surface area contributed by atoms with E-state index >= 15 is 0 Å². The molecule has 0 saturated heterocycles. The smallest absolute Gasteiger partial charge is 0.152 e. The number of pyridine rings is 1. The number of aliphatic imine (C=N–C) groups is 1. The molecule has 1 aliphatic rings. The van der Waals surface area contributed by atoms with Crippen molar-refractivity contribution in [2.75, 3.05) is 13.7 Å². The first-order valence-corrected chi connectivity index (χ1v) is 8.40. The van der Waals surface area contributed by atoms with Gasteiger partial charge in [-0.1, -0.05) is 23.7 Å². The van der Waals surface area contributed by atoms with Crippen molar-refractivity contribution in [1.29, 1.82) is 0 Å². The number of allylic oxidation sites excluding steroid dienone is 1. The number of nitrogens with zero attached hydrogens (tertiary/aromatic N) is 3. The molecule has 2 heterocycles. The summed E-state index contributed by atoms with van der Waals surface area (Å²) in [5, 5.41) is 10.5. The van der Waals surface area contributed by atoms with Crippen LogP contribution in [0.3, 0.4) is 0 Å². The van der Waals surface area contributed by atoms with Crippen molar-refractivity contribution in [1.82, 2.24) is 9.88 Å². The Labute approximate surface area is 152 Å². The fourth-order valence-corrected chi connectivity index (χ4v) is 3.05. The number of ether oxygens (including phenoxy) is 1. The van der Waals surface area contributed by atoms with Crippen LogP contribution in [0.4, 0.5) is 0 Å². The van der Waals surface area contributed by atoms with E-state index in [9.17, 15) is 5.11 Å². The van der Waals surface area contributed by atoms with Gasteiger partial charge >= 0.3 is 0 Å². The fraction of sp³-hybridized carbons (Fsp3) is 0.263. The van der Waals surface area contributed by atoms with Crippen LogP contribution >= 0.6 is 11.6 Å². The summed E-state index contributed by atoms with van der Waals surface area (Å²) >= 11 is 6.02. The highest BCUT2D eigenvalue weighted by Gasteiger charge is 2.30. The van der Waals surface area contributed by atoms with Gasteiger partial charge in [0.2, 0.25) is 0 Å². The summed E-state index contributed by atoms with van der Waals surface area (Å²) in [6, 6.07) is 9.29. The van der Waals surface area contributed by atoms with Crippen LogP contribution in [0.2, 0.25) is 5.02 Å². The van der Waals surface area contributed by atoms with Gasteiger partial charge in [-0.05, 0) is 36.8 Å². The quantitative estimate of drug-likeness (QED) is 0.889. The molecule has 25 heavy (non-hydrogen) atoms. The number of rotatable bonds is 5. The lowest BCUT2D eigenvalue weighted by Crippen LogP contribution is -2.38. The number of hydrogen-bond acceptors (Lipinski definition) is 5. The van der Waals surface area contributed by atoms with E-state index in [0.29, 0.717) is 10.8 Å². The third-order valence-electron chi connectivity index (χ3n) is 4.19. The first-order valence-electron chi connectivity index (χ1n) is 8.02. The maximum absolute atomic E-state index is 9.80. The van der Waals surface area contributed by atoms with Gasteiger partial charge in [-0.3, -0.25) is 9.98 Å². The second kappa shape index (κ2) is 7.68. The van der Waals surface area contributed by atoms with Crippen molar-refractivity contribution in [2.24, 2.45) is 4.99 Å². The molecule has 0 bridgehead atoms. The Morgan fingerprint density at radius 2 is 2.04 bits per heavy atom. The van der Waals surface area contributed by atoms with Gasteiger partial charge in [0, 0.05) is 29.3 Å². The molecule has 1 unspecified atom stereocenters. The predicted molar refractivity (Wildman–Crippen MR) is 99.8 cm³/mol. The first-order chi connectivity index (χ1) is 12.2. The van der Waals surface area contributed by atoms with Gasteiger partial charge in [-0.15, -0.1) is 0 Å². The lowest BCUT2D eigenvalue weighted by molar-refractivity contribution is 0.150. The molecule has 0 spiro atoms. The van der Waals surface area contributed by atoms with Crippen LogP contribution in [-0.4, -0.2) is 41.0 Å². The summed E-state index contributed by atoms with van der Waals surface area (Å²) < 4.78 is 5.48. The van der Waals surface area contributed by atoms with E-state index < -0.39 is 0 Å². The zero-order valence-electron chi connectivity index (χ0n) is 14.1. The molecule has 5 nitrogen and oxygen atoms in total. The zero-order valence-corrected chi connectivity index (χ0v) is 14.9. The van der Waals surface area contributed by atoms with Gasteiger partial charge in [-0.25, -0.2) is 0 Å². The molecule has 1 aromatic heterocycles. The minimum absolute atomic E-state index is 0.000469. The molecule has 1 aliphatic heterocycles. The van der Waals surface area contributed by atoms with Crippen LogP contribution in [0, 0.1) is 0 Å². The number of aliphatic hydroxyl groups is 1. The van der Waals surface area contributed by atoms with Crippen molar-refractivity contribution < 1.29 is 9.84 Å². The topological polar surface area (TPSA) is 58.0 Å². The second-order valence-electron chi connectivity index (χ2n) is 5.79. The Morgan fingerprint density at radius 1 is 1.28 bits per heavy atom. The van der Waals surface area contributed by atoms with E-state index in [-0.39, 0.29) is 18.8 Å². The largest absolute Gasteiger partial charge is 0.496 e. The lowest BCUT2D eigenvalue weighted by atomic mass is 10.0. The number of methoxy groups -OCH3 is 1. The highest BCUT2D eigenvalue weighted by molar-refractivity contribution is 6.30. The average Bonchev–Trinajstić information content (AvgIpc) is 2.67. The van der Waals surface area contributed by atoms with E-state index in [0.717, 1.165) is 16.8 Å². The molecule has 130 valence electrons. The fourth-order valence-electron chi connectivity index (χ4n) is 2.92. The maximum atomic E-state index is 9.80. The highest BCUT2D eigenvalue weighted by atomic mass is 35.5. The molecule has 0 radical (unpaired) electrons. The molecule has 2 aromatic rings. The molecular weight excluding hydrogens is 338 g/mol. The van der Waals surface area contributed by atoms with Gasteiger partial charge in [0.15, 0.2) is 6.17 Å². The van der Waals surface area contributed by atoms with Crippen LogP contribution in [0.5, 0.6) is 5.75 Å². The second-order valence-corrected chi connectivity index (χ2v) is 6.22. The summed E-state index contributed by atoms with van der Waals surface area (Å²) in [6.07, 6.45) is 6.82. The predicted octanol–water partition coefficient (Wildman–Crippen LogP) is 3.55. The number of aromatic nitrogens is 1. The maximum Gasteiger partial charge on any atom is 0.152 e. The monoisotopic (exact) mass is 357 g/mol. The molecule has 3 rings (SSSR count). The van der Waals surface area contributed by atoms with Crippen LogP contribution in [0.1, 0.15) is 24.2 Å². The Hall–Kier alpha value is -2.37. The van der Waals surface area contributed by atoms with E-state index in [1.807, 2.05) is 43.3 Å². The van der Waals surface area contributed by atoms with E-state index in [1.54, 1.807) is 25.7 Å². The Balaban J connectivity index is 2.06. The van der Waals surface area contributed by atoms with Crippen LogP contribution < -0.4 is 4.74 Å². The molecule has 2 atom stereocenters. The van der Waals surface area contributed by atoms with Gasteiger partial charge in [0.25, 0.3) is 0 Å². The van der Waals surface area contributed by atoms with Crippen molar-refractivity contribution >= 4 is 23.5 Å². The normalized spacial score (nSPS) is 18.0. The van der Waals surface area contributed by atoms with E-state index in [2.05, 4.69) is 14.9 Å². The van der Waals surface area contributed by atoms with Crippen LogP contribution in [0.25, 0.3) is 5.70 Å². The van der Waals surface area contributed by atoms with Gasteiger partial charge in [-0.2, -0.15) is 0 Å². The number of aliphatic hydroxyl groups excluding tert-OH is 1. The summed E-state index contributed by atoms with van der Waals surface area (Å²) in [7, 11) is 1.63. The zero-order chi connectivity index (χ0) is 17.8. The first kappa shape index (κ1) is 17.5. The molecule has 1 N–H and O–H groups in total. The lowest BCUT2D eigenvalue weighted by Gasteiger charge is -2.39. The van der Waals surface area contributed by atoms with Crippen molar-refractivity contribution in [2.45, 2.75) is 19.1 Å². The number of benzene rings is 1. The molecule has 0 fully saturated rings. The van der Waals surface area contributed by atoms with E-state index in [1.165, 1.54) is 0 Å². The van der Waals surface area contributed by atoms with E-state index in [4.69, 9.17) is 16.3 Å². The minimum Gasteiger partial charge on any atom is -0.496 e. The summed E-state index contributed by atoms with van der Waals surface area (Å²) in [5.74, 6) is 0.713. The van der Waals surface area contributed by atoms with Gasteiger partial charge in [0.1, 0.15) is 5.75 Å². The third kappa shape index (κ3) is 3.52. The average molecular weight is 358 g/mol. The third-order valence-corrected chi connectivity index (χ3v) is 4.44. The Morgan fingerprint density at radius 3 is 2.72 bits per heavy atom. The Bertz CT molecular complexity index is 790. The summed E-state index contributed by atoms with van der Waals surface area (Å²) in [5.41, 5.74) is 2.81. The summed E-state index contributed by atoms with van der Waals surface area (Å²) in [4.78, 5) is 10.9. The van der Waals surface area contributed by atoms with Gasteiger partial charge in [0.05, 0.1) is 25.3 Å². The van der Waals surface area contributed by atoms with Crippen molar-refractivity contribution in [3.8, 4) is 5.75 Å².